The summed E-state index contributed by atoms with van der Waals surface area (Å²) in [6.45, 7) is 7.86. The maximum absolute atomic E-state index is 13.5. The van der Waals surface area contributed by atoms with Crippen LogP contribution in [0, 0.1) is 11.3 Å². The number of nitrogens with zero attached hydrogens (tertiary/aromatic N) is 1. The molecule has 1 heterocycles. The normalized spacial score (nSPS) is 21.6. The molecule has 1 N–H and O–H groups in total. The van der Waals surface area contributed by atoms with E-state index in [-0.39, 0.29) is 5.41 Å². The summed E-state index contributed by atoms with van der Waals surface area (Å²) in [6, 6.07) is 18.1. The molecule has 2 amide bonds. The minimum Gasteiger partial charge on any atom is -0.439 e. The largest absolute Gasteiger partial charge is 0.439 e. The molecule has 5 nitrogen and oxygen atoms in total. The van der Waals surface area contributed by atoms with E-state index >= 15 is 0 Å². The first-order valence-corrected chi connectivity index (χ1v) is 10.0. The minimum atomic E-state index is -1.00. The first-order valence-electron chi connectivity index (χ1n) is 10.0. The van der Waals surface area contributed by atoms with E-state index in [1.54, 1.807) is 12.1 Å². The van der Waals surface area contributed by atoms with Crippen molar-refractivity contribution in [3.63, 3.8) is 0 Å². The molecule has 0 saturated carbocycles. The van der Waals surface area contributed by atoms with Crippen molar-refractivity contribution < 1.29 is 19.4 Å². The molecule has 4 atom stereocenters. The Balaban J connectivity index is 1.89. The van der Waals surface area contributed by atoms with Gasteiger partial charge in [-0.05, 0) is 29.9 Å². The quantitative estimate of drug-likeness (QED) is 0.783. The second-order valence-corrected chi connectivity index (χ2v) is 8.89. The number of aliphatic hydroxyl groups is 1. The van der Waals surface area contributed by atoms with E-state index in [0.717, 1.165) is 5.56 Å². The zero-order chi connectivity index (χ0) is 21.2. The van der Waals surface area contributed by atoms with Crippen LogP contribution < -0.4 is 0 Å². The van der Waals surface area contributed by atoms with Gasteiger partial charge in [-0.1, -0.05) is 81.4 Å². The minimum absolute atomic E-state index is 0.207. The van der Waals surface area contributed by atoms with Crippen LogP contribution in [0.25, 0.3) is 0 Å². The molecule has 1 saturated heterocycles. The fraction of sp³-hybridized carbons (Fsp3) is 0.417. The molecule has 2 aromatic carbocycles. The second kappa shape index (κ2) is 8.37. The number of imide groups is 1. The lowest BCUT2D eigenvalue weighted by Gasteiger charge is -2.32. The molecule has 0 aliphatic carbocycles. The van der Waals surface area contributed by atoms with Gasteiger partial charge in [0.05, 0.1) is 18.1 Å². The number of carbonyl (C=O) groups excluding carboxylic acids is 2. The first kappa shape index (κ1) is 21.1. The third kappa shape index (κ3) is 4.67. The van der Waals surface area contributed by atoms with Crippen LogP contribution in [0.3, 0.4) is 0 Å². The number of hydrogen-bond acceptors (Lipinski definition) is 4. The highest BCUT2D eigenvalue weighted by Gasteiger charge is 2.47. The number of amides is 2. The standard InChI is InChI=1S/C24H29NO4/c1-16-21(18-13-9-6-10-14-18)29-23(28)25(16)22(27)19(15-24(2,3)4)20(26)17-11-7-5-8-12-17/h5-14,16,19-21,26H,15H2,1-4H3/t16-,19?,20?,21-/m1/s1. The summed E-state index contributed by atoms with van der Waals surface area (Å²) >= 11 is 0. The number of hydrogen-bond donors (Lipinski definition) is 1. The number of aliphatic hydroxyl groups excluding tert-OH is 1. The van der Waals surface area contributed by atoms with E-state index < -0.39 is 36.2 Å². The van der Waals surface area contributed by atoms with E-state index in [1.165, 1.54) is 4.90 Å². The third-order valence-corrected chi connectivity index (χ3v) is 5.31. The van der Waals surface area contributed by atoms with E-state index in [9.17, 15) is 14.7 Å². The average Bonchev–Trinajstić information content (AvgIpc) is 3.00. The molecule has 154 valence electrons. The maximum Gasteiger partial charge on any atom is 0.417 e. The van der Waals surface area contributed by atoms with E-state index in [1.807, 2.05) is 76.2 Å². The van der Waals surface area contributed by atoms with Crippen LogP contribution >= 0.6 is 0 Å². The van der Waals surface area contributed by atoms with Crippen molar-refractivity contribution in [2.45, 2.75) is 52.4 Å². The molecule has 0 spiro atoms. The Labute approximate surface area is 172 Å². The number of ether oxygens (including phenoxy) is 1. The fourth-order valence-electron chi connectivity index (χ4n) is 3.90. The van der Waals surface area contributed by atoms with Crippen LogP contribution in [0.1, 0.15) is 57.5 Å². The summed E-state index contributed by atoms with van der Waals surface area (Å²) in [5.74, 6) is -1.14. The van der Waals surface area contributed by atoms with Gasteiger partial charge in [-0.15, -0.1) is 0 Å². The predicted molar refractivity (Wildman–Crippen MR) is 111 cm³/mol. The maximum atomic E-state index is 13.5. The number of cyclic esters (lactones) is 1. The van der Waals surface area contributed by atoms with Gasteiger partial charge < -0.3 is 9.84 Å². The summed E-state index contributed by atoms with van der Waals surface area (Å²) in [4.78, 5) is 27.3. The van der Waals surface area contributed by atoms with E-state index in [4.69, 9.17) is 4.74 Å². The van der Waals surface area contributed by atoms with Gasteiger partial charge in [-0.3, -0.25) is 4.79 Å². The van der Waals surface area contributed by atoms with Crippen molar-refractivity contribution in [3.05, 3.63) is 71.8 Å². The monoisotopic (exact) mass is 395 g/mol. The molecular formula is C24H29NO4. The van der Waals surface area contributed by atoms with Crippen molar-refractivity contribution in [3.8, 4) is 0 Å². The predicted octanol–water partition coefficient (Wildman–Crippen LogP) is 4.88. The molecule has 3 rings (SSSR count). The molecule has 2 aromatic rings. The van der Waals surface area contributed by atoms with Gasteiger partial charge in [-0.25, -0.2) is 9.69 Å². The Morgan fingerprint density at radius 3 is 2.17 bits per heavy atom. The Hall–Kier alpha value is -2.66. The highest BCUT2D eigenvalue weighted by Crippen LogP contribution is 2.38. The molecule has 0 aromatic heterocycles. The SMILES string of the molecule is C[C@@H]1[C@H](c2ccccc2)OC(=O)N1C(=O)C(CC(C)(C)C)C(O)c1ccccc1. The smallest absolute Gasteiger partial charge is 0.417 e. The van der Waals surface area contributed by atoms with Crippen LogP contribution in [0.15, 0.2) is 60.7 Å². The third-order valence-electron chi connectivity index (χ3n) is 5.31. The molecule has 1 fully saturated rings. The van der Waals surface area contributed by atoms with E-state index in [2.05, 4.69) is 0 Å². The highest BCUT2D eigenvalue weighted by atomic mass is 16.6. The molecule has 0 radical (unpaired) electrons. The Kier molecular flexibility index (Phi) is 6.08. The molecule has 29 heavy (non-hydrogen) atoms. The molecule has 0 bridgehead atoms. The van der Waals surface area contributed by atoms with Gasteiger partial charge in [0.15, 0.2) is 0 Å². The summed E-state index contributed by atoms with van der Waals surface area (Å²) in [7, 11) is 0. The summed E-state index contributed by atoms with van der Waals surface area (Å²) < 4.78 is 5.54. The Bertz CT molecular complexity index is 844. The highest BCUT2D eigenvalue weighted by molar-refractivity contribution is 5.95. The topological polar surface area (TPSA) is 66.8 Å². The number of benzene rings is 2. The van der Waals surface area contributed by atoms with Crippen molar-refractivity contribution >= 4 is 12.0 Å². The van der Waals surface area contributed by atoms with Crippen molar-refractivity contribution in [2.75, 3.05) is 0 Å². The van der Waals surface area contributed by atoms with Gasteiger partial charge in [-0.2, -0.15) is 0 Å². The molecule has 5 heteroatoms. The van der Waals surface area contributed by atoms with Crippen molar-refractivity contribution in [1.29, 1.82) is 0 Å². The first-order chi connectivity index (χ1) is 13.7. The summed E-state index contributed by atoms with van der Waals surface area (Å²) in [5, 5.41) is 11.0. The Morgan fingerprint density at radius 1 is 1.07 bits per heavy atom. The van der Waals surface area contributed by atoms with Gasteiger partial charge in [0.1, 0.15) is 6.10 Å². The van der Waals surface area contributed by atoms with Crippen LogP contribution in [0.5, 0.6) is 0 Å². The molecular weight excluding hydrogens is 366 g/mol. The average molecular weight is 395 g/mol. The summed E-state index contributed by atoms with van der Waals surface area (Å²) in [6.07, 6.45) is -1.74. The number of rotatable bonds is 5. The molecule has 1 aliphatic rings. The zero-order valence-electron chi connectivity index (χ0n) is 17.4. The lowest BCUT2D eigenvalue weighted by molar-refractivity contribution is -0.138. The van der Waals surface area contributed by atoms with Crippen molar-refractivity contribution in [1.82, 2.24) is 4.90 Å². The van der Waals surface area contributed by atoms with Crippen LogP contribution in [0.4, 0.5) is 4.79 Å². The van der Waals surface area contributed by atoms with Gasteiger partial charge in [0, 0.05) is 0 Å². The van der Waals surface area contributed by atoms with Crippen LogP contribution in [-0.2, 0) is 9.53 Å². The van der Waals surface area contributed by atoms with Gasteiger partial charge in [0.25, 0.3) is 0 Å². The van der Waals surface area contributed by atoms with Gasteiger partial charge >= 0.3 is 6.09 Å². The summed E-state index contributed by atoms with van der Waals surface area (Å²) in [5.41, 5.74) is 1.30. The van der Waals surface area contributed by atoms with E-state index in [0.29, 0.717) is 12.0 Å². The lowest BCUT2D eigenvalue weighted by Crippen LogP contribution is -2.44. The van der Waals surface area contributed by atoms with Gasteiger partial charge in [0.2, 0.25) is 5.91 Å². The Morgan fingerprint density at radius 2 is 1.62 bits per heavy atom. The van der Waals surface area contributed by atoms with Crippen molar-refractivity contribution in [2.24, 2.45) is 11.3 Å². The molecule has 2 unspecified atom stereocenters. The van der Waals surface area contributed by atoms with Crippen LogP contribution in [-0.4, -0.2) is 28.0 Å². The number of carbonyl (C=O) groups is 2. The zero-order valence-corrected chi connectivity index (χ0v) is 17.4. The fourth-order valence-corrected chi connectivity index (χ4v) is 3.90. The van der Waals surface area contributed by atoms with Crippen LogP contribution in [0.2, 0.25) is 0 Å². The molecule has 1 aliphatic heterocycles. The lowest BCUT2D eigenvalue weighted by atomic mass is 9.79. The second-order valence-electron chi connectivity index (χ2n) is 8.89.